The van der Waals surface area contributed by atoms with Crippen molar-refractivity contribution in [1.29, 1.82) is 0 Å². The highest BCUT2D eigenvalue weighted by Crippen LogP contribution is 2.73. The van der Waals surface area contributed by atoms with E-state index in [0.717, 1.165) is 18.6 Å². The Morgan fingerprint density at radius 2 is 1.58 bits per heavy atom. The summed E-state index contributed by atoms with van der Waals surface area (Å²) in [5, 5.41) is 15.0. The molecular weight excluding hydrogens is 623 g/mol. The lowest BCUT2D eigenvalue weighted by Crippen LogP contribution is -2.39. The van der Waals surface area contributed by atoms with Crippen molar-refractivity contribution in [2.24, 2.45) is 16.3 Å². The highest BCUT2D eigenvalue weighted by atomic mass is 32.2. The first-order chi connectivity index (χ1) is 23.8. The molecule has 4 heterocycles. The number of fused-ring (bicyclic) bond motifs is 10. The molecule has 0 saturated heterocycles. The smallest absolute Gasteiger partial charge is 0.147 e. The van der Waals surface area contributed by atoms with Crippen LogP contribution in [0.4, 0.5) is 0 Å². The average Bonchev–Trinajstić information content (AvgIpc) is 3.35. The van der Waals surface area contributed by atoms with Gasteiger partial charge in [-0.3, -0.25) is 0 Å². The number of thiophene rings is 1. The van der Waals surface area contributed by atoms with Crippen LogP contribution in [0.5, 0.6) is 0 Å². The molecule has 12 rings (SSSR count). The predicted molar refractivity (Wildman–Crippen MR) is 205 cm³/mol. The lowest BCUT2D eigenvalue weighted by molar-refractivity contribution is 0.521. The van der Waals surface area contributed by atoms with Crippen molar-refractivity contribution in [3.63, 3.8) is 0 Å². The van der Waals surface area contributed by atoms with Crippen LogP contribution in [-0.2, 0) is 6.42 Å². The Balaban J connectivity index is 1.15. The third-order valence-corrected chi connectivity index (χ3v) is 14.1. The Morgan fingerprint density at radius 1 is 0.771 bits per heavy atom. The van der Waals surface area contributed by atoms with Crippen LogP contribution in [0.1, 0.15) is 23.0 Å². The summed E-state index contributed by atoms with van der Waals surface area (Å²) in [6.45, 7) is 0. The summed E-state index contributed by atoms with van der Waals surface area (Å²) in [5.74, 6) is 0.536. The SMILES string of the molecule is C1=CC2C3SC4=C(NC(n5c6cc7ccccc7cc6c6ccc7ccccc7c65)C(C5=Cc6sc7ccccc7c6CC5)=N4)C23C=C1. The molecule has 4 unspecified atom stereocenters. The van der Waals surface area contributed by atoms with Gasteiger partial charge in [0.15, 0.2) is 0 Å². The Hall–Kier alpha value is -4.84. The first-order valence-electron chi connectivity index (χ1n) is 16.9. The van der Waals surface area contributed by atoms with Crippen LogP contribution in [0.25, 0.3) is 59.5 Å². The molecule has 1 N–H and O–H groups in total. The molecule has 0 bridgehead atoms. The van der Waals surface area contributed by atoms with Gasteiger partial charge in [-0.05, 0) is 69.8 Å². The maximum absolute atomic E-state index is 5.71. The number of nitrogens with one attached hydrogen (secondary N) is 1. The van der Waals surface area contributed by atoms with Gasteiger partial charge in [0.2, 0.25) is 0 Å². The third kappa shape index (κ3) is 3.28. The zero-order chi connectivity index (χ0) is 31.1. The number of nitrogens with zero attached hydrogens (tertiary/aromatic N) is 2. The molecule has 1 saturated carbocycles. The van der Waals surface area contributed by atoms with Gasteiger partial charge in [0.05, 0.1) is 27.9 Å². The van der Waals surface area contributed by atoms with E-state index in [0.29, 0.717) is 11.2 Å². The minimum absolute atomic E-state index is 0.0230. The van der Waals surface area contributed by atoms with E-state index in [4.69, 9.17) is 4.99 Å². The number of aryl methyl sites for hydroxylation is 1. The average molecular weight is 652 g/mol. The Bertz CT molecular complexity index is 2770. The molecule has 0 radical (unpaired) electrons. The number of rotatable bonds is 2. The topological polar surface area (TPSA) is 29.3 Å². The fraction of sp³-hybridized carbons (Fsp3) is 0.140. The maximum atomic E-state index is 5.71. The number of benzene rings is 5. The molecule has 1 fully saturated rings. The predicted octanol–water partition coefficient (Wildman–Crippen LogP) is 10.9. The number of thioether (sulfide) groups is 1. The van der Waals surface area contributed by atoms with Crippen LogP contribution in [-0.4, -0.2) is 15.5 Å². The zero-order valence-electron chi connectivity index (χ0n) is 26.0. The fourth-order valence-electron chi connectivity index (χ4n) is 9.22. The van der Waals surface area contributed by atoms with Crippen LogP contribution < -0.4 is 5.32 Å². The van der Waals surface area contributed by atoms with E-state index < -0.39 is 0 Å². The van der Waals surface area contributed by atoms with Gasteiger partial charge in [-0.25, -0.2) is 4.99 Å². The summed E-state index contributed by atoms with van der Waals surface area (Å²) in [4.78, 5) is 7.10. The van der Waals surface area contributed by atoms with E-state index >= 15 is 0 Å². The van der Waals surface area contributed by atoms with Crippen LogP contribution in [0.2, 0.25) is 0 Å². The number of hydrogen-bond donors (Lipinski definition) is 1. The molecule has 5 aliphatic rings. The molecule has 48 heavy (non-hydrogen) atoms. The molecule has 2 aliphatic heterocycles. The summed E-state index contributed by atoms with van der Waals surface area (Å²) in [6.07, 6.45) is 13.7. The van der Waals surface area contributed by atoms with Gasteiger partial charge < -0.3 is 9.88 Å². The second-order valence-corrected chi connectivity index (χ2v) is 16.1. The summed E-state index contributed by atoms with van der Waals surface area (Å²) in [6, 6.07) is 36.0. The quantitative estimate of drug-likeness (QED) is 0.202. The van der Waals surface area contributed by atoms with Crippen molar-refractivity contribution < 1.29 is 0 Å². The fourth-order valence-corrected chi connectivity index (χ4v) is 12.1. The van der Waals surface area contributed by atoms with Gasteiger partial charge in [-0.15, -0.1) is 11.3 Å². The number of allylic oxidation sites excluding steroid dienone is 4. The number of aromatic nitrogens is 1. The van der Waals surface area contributed by atoms with Crippen LogP contribution >= 0.6 is 23.1 Å². The molecule has 0 amide bonds. The highest BCUT2D eigenvalue weighted by molar-refractivity contribution is 8.04. The van der Waals surface area contributed by atoms with E-state index in [9.17, 15) is 0 Å². The second-order valence-electron chi connectivity index (χ2n) is 13.8. The highest BCUT2D eigenvalue weighted by Gasteiger charge is 2.70. The van der Waals surface area contributed by atoms with Gasteiger partial charge in [0, 0.05) is 36.9 Å². The van der Waals surface area contributed by atoms with Gasteiger partial charge >= 0.3 is 0 Å². The molecule has 4 atom stereocenters. The molecule has 3 aliphatic carbocycles. The third-order valence-electron chi connectivity index (χ3n) is 11.5. The van der Waals surface area contributed by atoms with E-state index in [2.05, 4.69) is 137 Å². The molecular formula is C43H29N3S2. The standard InChI is InChI=1S/C43H29N3S2/c1-2-11-26-22-34-32(21-25(26)10-1)31-19-16-24-9-3-4-12-28(24)38(31)46(34)41-37(27-17-18-30-29-13-5-6-15-35(29)47-36(30)23-27)44-42-39(45-41)43-20-8-7-14-33(43)40(43)48-42/h1-16,19-23,33,40-41,45H,17-18H2. The Morgan fingerprint density at radius 3 is 2.50 bits per heavy atom. The second kappa shape index (κ2) is 9.19. The van der Waals surface area contributed by atoms with Crippen molar-refractivity contribution in [2.45, 2.75) is 24.3 Å². The molecule has 2 aromatic heterocycles. The zero-order valence-corrected chi connectivity index (χ0v) is 27.6. The van der Waals surface area contributed by atoms with E-state index in [-0.39, 0.29) is 11.6 Å². The molecule has 5 aromatic carbocycles. The normalized spacial score (nSPS) is 25.3. The molecule has 3 nitrogen and oxygen atoms in total. The monoisotopic (exact) mass is 651 g/mol. The Kier molecular flexibility index (Phi) is 5.01. The van der Waals surface area contributed by atoms with Crippen molar-refractivity contribution in [3.05, 3.63) is 148 Å². The largest absolute Gasteiger partial charge is 0.360 e. The van der Waals surface area contributed by atoms with Gasteiger partial charge in [-0.2, -0.15) is 0 Å². The lowest BCUT2D eigenvalue weighted by atomic mass is 9.90. The summed E-state index contributed by atoms with van der Waals surface area (Å²) in [5.41, 5.74) is 7.86. The minimum Gasteiger partial charge on any atom is -0.360 e. The summed E-state index contributed by atoms with van der Waals surface area (Å²) >= 11 is 3.90. The maximum Gasteiger partial charge on any atom is 0.147 e. The first-order valence-corrected chi connectivity index (χ1v) is 18.6. The van der Waals surface area contributed by atoms with E-state index in [1.54, 1.807) is 0 Å². The molecule has 1 spiro atoms. The van der Waals surface area contributed by atoms with Crippen molar-refractivity contribution in [2.75, 3.05) is 0 Å². The van der Waals surface area contributed by atoms with Crippen molar-refractivity contribution >= 4 is 88.3 Å². The van der Waals surface area contributed by atoms with Crippen LogP contribution in [0, 0.1) is 11.3 Å². The number of aliphatic imine (C=N–C) groups is 1. The van der Waals surface area contributed by atoms with Crippen molar-refractivity contribution in [3.8, 4) is 0 Å². The van der Waals surface area contributed by atoms with Gasteiger partial charge in [0.1, 0.15) is 11.2 Å². The summed E-state index contributed by atoms with van der Waals surface area (Å²) < 4.78 is 3.98. The molecule has 228 valence electrons. The van der Waals surface area contributed by atoms with Gasteiger partial charge in [-0.1, -0.05) is 115 Å². The Labute approximate surface area is 285 Å². The first kappa shape index (κ1) is 26.2. The van der Waals surface area contributed by atoms with E-state index in [1.165, 1.54) is 80.2 Å². The van der Waals surface area contributed by atoms with Crippen LogP contribution in [0.15, 0.2) is 143 Å². The van der Waals surface area contributed by atoms with E-state index in [1.807, 2.05) is 23.1 Å². The lowest BCUT2D eigenvalue weighted by Gasteiger charge is -2.34. The minimum atomic E-state index is -0.146. The molecule has 7 aromatic rings. The van der Waals surface area contributed by atoms with Crippen molar-refractivity contribution in [1.82, 2.24) is 9.88 Å². The number of hydrogen-bond acceptors (Lipinski definition) is 4. The molecule has 5 heteroatoms. The summed E-state index contributed by atoms with van der Waals surface area (Å²) in [7, 11) is 0. The van der Waals surface area contributed by atoms with Gasteiger partial charge in [0.25, 0.3) is 0 Å². The van der Waals surface area contributed by atoms with Crippen LogP contribution in [0.3, 0.4) is 0 Å².